The Morgan fingerprint density at radius 1 is 1.17 bits per heavy atom. The molecule has 0 saturated carbocycles. The number of aliphatic hydroxyl groups is 1. The molecular formula is C29H33N5O2. The summed E-state index contributed by atoms with van der Waals surface area (Å²) in [5.74, 6) is 0.159. The number of nitrogens with one attached hydrogen (secondary N) is 2. The Morgan fingerprint density at radius 3 is 2.78 bits per heavy atom. The number of nitrogens with zero attached hydrogens (tertiary/aromatic N) is 3. The van der Waals surface area contributed by atoms with Crippen molar-refractivity contribution in [3.8, 4) is 0 Å². The van der Waals surface area contributed by atoms with Gasteiger partial charge in [0.25, 0.3) is 0 Å². The molecule has 0 radical (unpaired) electrons. The van der Waals surface area contributed by atoms with Gasteiger partial charge in [0.15, 0.2) is 0 Å². The SMILES string of the molecule is CC(=O)Nc1cccc2c1C1(CCN(Cc3ccccc3)C(c3ncnc4c3[C@H](C)C[C@H]4O)C1)CN2. The first-order valence-electron chi connectivity index (χ1n) is 12.9. The summed E-state index contributed by atoms with van der Waals surface area (Å²) in [6.07, 6.45) is 3.65. The highest BCUT2D eigenvalue weighted by Crippen LogP contribution is 2.53. The number of carbonyl (C=O) groups is 1. The van der Waals surface area contributed by atoms with Gasteiger partial charge in [-0.2, -0.15) is 0 Å². The molecule has 2 unspecified atom stereocenters. The molecule has 1 saturated heterocycles. The van der Waals surface area contributed by atoms with E-state index in [4.69, 9.17) is 4.98 Å². The molecule has 1 aromatic heterocycles. The molecule has 186 valence electrons. The lowest BCUT2D eigenvalue weighted by molar-refractivity contribution is -0.114. The van der Waals surface area contributed by atoms with E-state index in [0.29, 0.717) is 6.42 Å². The van der Waals surface area contributed by atoms with E-state index in [9.17, 15) is 9.90 Å². The first kappa shape index (κ1) is 23.1. The second-order valence-electron chi connectivity index (χ2n) is 10.7. The topological polar surface area (TPSA) is 90.4 Å². The summed E-state index contributed by atoms with van der Waals surface area (Å²) in [4.78, 5) is 23.9. The average Bonchev–Trinajstić information content (AvgIpc) is 3.38. The van der Waals surface area contributed by atoms with Crippen LogP contribution in [0, 0.1) is 0 Å². The highest BCUT2D eigenvalue weighted by molar-refractivity contribution is 5.91. The maximum atomic E-state index is 12.0. The number of piperidine rings is 1. The number of hydrogen-bond acceptors (Lipinski definition) is 6. The fraction of sp³-hybridized carbons (Fsp3) is 0.414. The lowest BCUT2D eigenvalue weighted by Crippen LogP contribution is -2.46. The minimum Gasteiger partial charge on any atom is -0.387 e. The summed E-state index contributed by atoms with van der Waals surface area (Å²) in [5.41, 5.74) is 7.33. The van der Waals surface area contributed by atoms with E-state index < -0.39 is 6.10 Å². The maximum Gasteiger partial charge on any atom is 0.221 e. The molecule has 1 fully saturated rings. The number of fused-ring (bicyclic) bond motifs is 3. The van der Waals surface area contributed by atoms with Gasteiger partial charge >= 0.3 is 0 Å². The molecule has 6 rings (SSSR count). The Kier molecular flexibility index (Phi) is 5.77. The van der Waals surface area contributed by atoms with Gasteiger partial charge in [0.2, 0.25) is 5.91 Å². The average molecular weight is 484 g/mol. The molecule has 2 aliphatic heterocycles. The Hall–Kier alpha value is -3.29. The quantitative estimate of drug-likeness (QED) is 0.499. The molecule has 7 heteroatoms. The number of benzene rings is 2. The van der Waals surface area contributed by atoms with Crippen LogP contribution in [0.25, 0.3) is 0 Å². The van der Waals surface area contributed by atoms with Crippen LogP contribution < -0.4 is 10.6 Å². The van der Waals surface area contributed by atoms with Crippen molar-refractivity contribution in [2.45, 2.75) is 63.1 Å². The van der Waals surface area contributed by atoms with E-state index in [0.717, 1.165) is 60.8 Å². The van der Waals surface area contributed by atoms with Crippen molar-refractivity contribution in [2.75, 3.05) is 23.7 Å². The van der Waals surface area contributed by atoms with Gasteiger partial charge in [0, 0.05) is 54.5 Å². The lowest BCUT2D eigenvalue weighted by atomic mass is 9.70. The smallest absolute Gasteiger partial charge is 0.221 e. The van der Waals surface area contributed by atoms with Crippen LogP contribution in [0.5, 0.6) is 0 Å². The van der Waals surface area contributed by atoms with Crippen LogP contribution in [0.4, 0.5) is 11.4 Å². The van der Waals surface area contributed by atoms with Crippen LogP contribution in [-0.2, 0) is 16.8 Å². The minimum atomic E-state index is -0.530. The zero-order valence-corrected chi connectivity index (χ0v) is 20.9. The number of aliphatic hydroxyl groups excluding tert-OH is 1. The van der Waals surface area contributed by atoms with E-state index >= 15 is 0 Å². The molecular weight excluding hydrogens is 450 g/mol. The van der Waals surface area contributed by atoms with Crippen molar-refractivity contribution in [3.05, 3.63) is 82.9 Å². The summed E-state index contributed by atoms with van der Waals surface area (Å²) in [5, 5.41) is 17.4. The highest BCUT2D eigenvalue weighted by Gasteiger charge is 2.48. The standard InChI is InChI=1S/C29H33N5O2/c1-18-13-24(36)28-25(18)27(31-17-32-28)23-14-29(11-12-34(23)15-20-7-4-3-5-8-20)16-30-21-9-6-10-22(26(21)29)33-19(2)35/h3-10,17-18,23-24,30,36H,11-16H2,1-2H3,(H,33,35)/t18-,23?,24-,29?/m1/s1. The number of anilines is 2. The Bertz CT molecular complexity index is 1300. The first-order chi connectivity index (χ1) is 17.4. The van der Waals surface area contributed by atoms with Crippen LogP contribution in [-0.4, -0.2) is 39.0 Å². The summed E-state index contributed by atoms with van der Waals surface area (Å²) >= 11 is 0. The summed E-state index contributed by atoms with van der Waals surface area (Å²) in [6.45, 7) is 6.32. The predicted molar refractivity (Wildman–Crippen MR) is 140 cm³/mol. The van der Waals surface area contributed by atoms with Crippen molar-refractivity contribution >= 4 is 17.3 Å². The van der Waals surface area contributed by atoms with Crippen molar-refractivity contribution in [2.24, 2.45) is 0 Å². The first-order valence-corrected chi connectivity index (χ1v) is 12.9. The van der Waals surface area contributed by atoms with Crippen LogP contribution in [0.2, 0.25) is 0 Å². The summed E-state index contributed by atoms with van der Waals surface area (Å²) < 4.78 is 0. The van der Waals surface area contributed by atoms with Gasteiger partial charge < -0.3 is 15.7 Å². The molecule has 2 aromatic carbocycles. The molecule has 0 bridgehead atoms. The normalized spacial score (nSPS) is 26.9. The third-order valence-corrected chi connectivity index (χ3v) is 8.30. The fourth-order valence-electron chi connectivity index (χ4n) is 6.72. The van der Waals surface area contributed by atoms with Gasteiger partial charge in [0.1, 0.15) is 6.33 Å². The molecule has 1 spiro atoms. The van der Waals surface area contributed by atoms with Gasteiger partial charge in [-0.15, -0.1) is 0 Å². The molecule has 3 aliphatic rings. The Morgan fingerprint density at radius 2 is 1.97 bits per heavy atom. The van der Waals surface area contributed by atoms with E-state index in [1.165, 1.54) is 11.1 Å². The molecule has 3 N–H and O–H groups in total. The van der Waals surface area contributed by atoms with Crippen LogP contribution in [0.3, 0.4) is 0 Å². The van der Waals surface area contributed by atoms with E-state index in [-0.39, 0.29) is 23.3 Å². The highest BCUT2D eigenvalue weighted by atomic mass is 16.3. The van der Waals surface area contributed by atoms with Crippen molar-refractivity contribution in [3.63, 3.8) is 0 Å². The van der Waals surface area contributed by atoms with Gasteiger partial charge in [-0.3, -0.25) is 9.69 Å². The molecule has 4 atom stereocenters. The van der Waals surface area contributed by atoms with Gasteiger partial charge in [-0.25, -0.2) is 9.97 Å². The largest absolute Gasteiger partial charge is 0.387 e. The second kappa shape index (κ2) is 8.98. The van der Waals surface area contributed by atoms with Gasteiger partial charge in [-0.05, 0) is 42.9 Å². The van der Waals surface area contributed by atoms with E-state index in [1.807, 2.05) is 12.1 Å². The molecule has 3 aromatic rings. The maximum absolute atomic E-state index is 12.0. The van der Waals surface area contributed by atoms with Gasteiger partial charge in [-0.1, -0.05) is 43.3 Å². The number of aromatic nitrogens is 2. The second-order valence-corrected chi connectivity index (χ2v) is 10.7. The number of hydrogen-bond donors (Lipinski definition) is 3. The number of likely N-dealkylation sites (tertiary alicyclic amines) is 1. The number of carbonyl (C=O) groups excluding carboxylic acids is 1. The van der Waals surface area contributed by atoms with Crippen molar-refractivity contribution < 1.29 is 9.90 Å². The number of amides is 1. The molecule has 3 heterocycles. The van der Waals surface area contributed by atoms with E-state index in [1.54, 1.807) is 13.3 Å². The van der Waals surface area contributed by atoms with Crippen molar-refractivity contribution in [1.82, 2.24) is 14.9 Å². The third-order valence-electron chi connectivity index (χ3n) is 8.30. The Labute approximate surface area is 212 Å². The minimum absolute atomic E-state index is 0.0556. The van der Waals surface area contributed by atoms with Crippen molar-refractivity contribution in [1.29, 1.82) is 0 Å². The zero-order valence-electron chi connectivity index (χ0n) is 20.9. The third kappa shape index (κ3) is 3.87. The van der Waals surface area contributed by atoms with Crippen LogP contribution >= 0.6 is 0 Å². The monoisotopic (exact) mass is 483 g/mol. The predicted octanol–water partition coefficient (Wildman–Crippen LogP) is 4.68. The molecule has 7 nitrogen and oxygen atoms in total. The summed E-state index contributed by atoms with van der Waals surface area (Å²) in [7, 11) is 0. The van der Waals surface area contributed by atoms with Crippen LogP contribution in [0.15, 0.2) is 54.9 Å². The Balaban J connectivity index is 1.44. The van der Waals surface area contributed by atoms with E-state index in [2.05, 4.69) is 63.8 Å². The zero-order chi connectivity index (χ0) is 24.9. The molecule has 36 heavy (non-hydrogen) atoms. The molecule has 1 aliphatic carbocycles. The number of rotatable bonds is 4. The van der Waals surface area contributed by atoms with Crippen LogP contribution in [0.1, 0.15) is 79.3 Å². The lowest BCUT2D eigenvalue weighted by Gasteiger charge is -2.46. The molecule has 1 amide bonds. The fourth-order valence-corrected chi connectivity index (χ4v) is 6.72. The van der Waals surface area contributed by atoms with Gasteiger partial charge in [0.05, 0.1) is 23.5 Å². The summed E-state index contributed by atoms with van der Waals surface area (Å²) in [6, 6.07) is 16.8.